The lowest BCUT2D eigenvalue weighted by atomic mass is 10.1. The summed E-state index contributed by atoms with van der Waals surface area (Å²) in [5, 5.41) is 11.5. The number of hydrogen-bond donors (Lipinski definition) is 0. The van der Waals surface area contributed by atoms with E-state index in [-0.39, 0.29) is 28.3 Å². The Bertz CT molecular complexity index is 888. The predicted molar refractivity (Wildman–Crippen MR) is 86.3 cm³/mol. The maximum absolute atomic E-state index is 12.6. The molecule has 8 heteroatoms. The summed E-state index contributed by atoms with van der Waals surface area (Å²) in [6.45, 7) is 0.753. The van der Waals surface area contributed by atoms with Crippen LogP contribution >= 0.6 is 0 Å². The van der Waals surface area contributed by atoms with Gasteiger partial charge in [-0.15, -0.1) is 0 Å². The molecule has 2 aromatic rings. The van der Waals surface area contributed by atoms with Gasteiger partial charge in [0.15, 0.2) is 11.5 Å². The second kappa shape index (κ2) is 5.59. The minimum Gasteiger partial charge on any atom is -0.489 e. The minimum atomic E-state index is -0.645. The van der Waals surface area contributed by atoms with Crippen LogP contribution in [0.4, 0.5) is 11.4 Å². The van der Waals surface area contributed by atoms with E-state index in [0.29, 0.717) is 19.6 Å². The highest BCUT2D eigenvalue weighted by Crippen LogP contribution is 2.43. The van der Waals surface area contributed by atoms with Crippen LogP contribution in [0.3, 0.4) is 0 Å². The molecule has 126 valence electrons. The first kappa shape index (κ1) is 15.1. The van der Waals surface area contributed by atoms with Crippen molar-refractivity contribution in [1.82, 2.24) is 0 Å². The second-order valence-corrected chi connectivity index (χ2v) is 5.59. The minimum absolute atomic E-state index is 0.125. The van der Waals surface area contributed by atoms with Crippen LogP contribution in [0, 0.1) is 10.1 Å². The third-order valence-corrected chi connectivity index (χ3v) is 4.08. The first-order valence-electron chi connectivity index (χ1n) is 7.64. The molecule has 2 aromatic carbocycles. The molecule has 25 heavy (non-hydrogen) atoms. The molecule has 0 spiro atoms. The van der Waals surface area contributed by atoms with Gasteiger partial charge in [0, 0.05) is 12.5 Å². The molecule has 2 aliphatic rings. The fourth-order valence-electron chi connectivity index (χ4n) is 2.92. The smallest absolute Gasteiger partial charge is 0.297 e. The molecule has 0 fully saturated rings. The maximum atomic E-state index is 12.6. The van der Waals surface area contributed by atoms with Gasteiger partial charge >= 0.3 is 0 Å². The number of rotatable bonds is 2. The average molecular weight is 340 g/mol. The Balaban J connectivity index is 1.88. The van der Waals surface area contributed by atoms with Gasteiger partial charge < -0.3 is 9.47 Å². The number of nitro groups is 1. The van der Waals surface area contributed by atoms with Crippen LogP contribution in [0.1, 0.15) is 27.1 Å². The molecule has 0 aromatic heterocycles. The highest BCUT2D eigenvalue weighted by molar-refractivity contribution is 6.35. The average Bonchev–Trinajstić information content (AvgIpc) is 2.77. The van der Waals surface area contributed by atoms with Crippen molar-refractivity contribution in [2.75, 3.05) is 18.1 Å². The van der Waals surface area contributed by atoms with Crippen LogP contribution < -0.4 is 14.4 Å². The lowest BCUT2D eigenvalue weighted by Crippen LogP contribution is -2.30. The van der Waals surface area contributed by atoms with Gasteiger partial charge in [-0.1, -0.05) is 12.1 Å². The molecule has 0 unspecified atom stereocenters. The molecular formula is C17H12N2O6. The van der Waals surface area contributed by atoms with E-state index in [0.717, 1.165) is 4.90 Å². The predicted octanol–water partition coefficient (Wildman–Crippen LogP) is 2.56. The molecule has 0 N–H and O–H groups in total. The third kappa shape index (κ3) is 2.30. The fourth-order valence-corrected chi connectivity index (χ4v) is 2.92. The zero-order valence-corrected chi connectivity index (χ0v) is 12.9. The van der Waals surface area contributed by atoms with Crippen LogP contribution in [0.2, 0.25) is 0 Å². The van der Waals surface area contributed by atoms with Crippen molar-refractivity contribution < 1.29 is 24.0 Å². The van der Waals surface area contributed by atoms with Crippen molar-refractivity contribution in [2.24, 2.45) is 0 Å². The highest BCUT2D eigenvalue weighted by atomic mass is 16.6. The van der Waals surface area contributed by atoms with E-state index in [1.165, 1.54) is 24.3 Å². The van der Waals surface area contributed by atoms with Crippen molar-refractivity contribution in [3.05, 3.63) is 57.6 Å². The van der Waals surface area contributed by atoms with Gasteiger partial charge in [-0.05, 0) is 12.1 Å². The Hall–Kier alpha value is -3.42. The summed E-state index contributed by atoms with van der Waals surface area (Å²) in [6, 6.07) is 8.82. The molecule has 0 saturated heterocycles. The molecule has 2 aliphatic heterocycles. The van der Waals surface area contributed by atoms with Gasteiger partial charge in [0.25, 0.3) is 17.5 Å². The van der Waals surface area contributed by atoms with Gasteiger partial charge in [0.1, 0.15) is 5.69 Å². The number of hydrogen-bond acceptors (Lipinski definition) is 6. The van der Waals surface area contributed by atoms with Crippen LogP contribution in [0.5, 0.6) is 11.5 Å². The van der Waals surface area contributed by atoms with E-state index >= 15 is 0 Å². The number of ether oxygens (including phenoxy) is 2. The van der Waals surface area contributed by atoms with Crippen LogP contribution in [0.25, 0.3) is 0 Å². The first-order valence-corrected chi connectivity index (χ1v) is 7.64. The van der Waals surface area contributed by atoms with Crippen molar-refractivity contribution in [2.45, 2.75) is 6.42 Å². The van der Waals surface area contributed by atoms with Crippen LogP contribution in [-0.4, -0.2) is 30.0 Å². The van der Waals surface area contributed by atoms with E-state index in [1.807, 2.05) is 0 Å². The molecule has 4 rings (SSSR count). The molecule has 0 bridgehead atoms. The summed E-state index contributed by atoms with van der Waals surface area (Å²) >= 11 is 0. The number of benzene rings is 2. The molecule has 0 atom stereocenters. The SMILES string of the molecule is O=C1c2ccccc2C(=O)N1c1cc2c(cc1[N+](=O)[O-])OCCCO2. The number of nitrogens with zero attached hydrogens (tertiary/aromatic N) is 2. The molecule has 2 heterocycles. The number of carbonyl (C=O) groups is 2. The van der Waals surface area contributed by atoms with Gasteiger partial charge in [-0.2, -0.15) is 0 Å². The quantitative estimate of drug-likeness (QED) is 0.473. The van der Waals surface area contributed by atoms with E-state index in [9.17, 15) is 19.7 Å². The zero-order chi connectivity index (χ0) is 17.6. The molecule has 0 aliphatic carbocycles. The van der Waals surface area contributed by atoms with Gasteiger partial charge in [-0.25, -0.2) is 4.90 Å². The highest BCUT2D eigenvalue weighted by Gasteiger charge is 2.40. The number of amides is 2. The van der Waals surface area contributed by atoms with Gasteiger partial charge in [-0.3, -0.25) is 19.7 Å². The lowest BCUT2D eigenvalue weighted by Gasteiger charge is -2.16. The summed E-state index contributed by atoms with van der Waals surface area (Å²) < 4.78 is 11.0. The van der Waals surface area contributed by atoms with Gasteiger partial charge in [0.05, 0.1) is 35.3 Å². The normalized spacial score (nSPS) is 15.8. The van der Waals surface area contributed by atoms with E-state index < -0.39 is 22.4 Å². The Morgan fingerprint density at radius 2 is 1.52 bits per heavy atom. The van der Waals surface area contributed by atoms with Crippen molar-refractivity contribution in [3.63, 3.8) is 0 Å². The van der Waals surface area contributed by atoms with Gasteiger partial charge in [0.2, 0.25) is 0 Å². The molecule has 2 amide bonds. The molecule has 0 radical (unpaired) electrons. The number of imide groups is 1. The molecular weight excluding hydrogens is 328 g/mol. The van der Waals surface area contributed by atoms with Crippen molar-refractivity contribution in [3.8, 4) is 11.5 Å². The number of carbonyl (C=O) groups excluding carboxylic acids is 2. The number of nitro benzene ring substituents is 1. The Morgan fingerprint density at radius 1 is 0.960 bits per heavy atom. The third-order valence-electron chi connectivity index (χ3n) is 4.08. The maximum Gasteiger partial charge on any atom is 0.297 e. The van der Waals surface area contributed by atoms with Crippen molar-refractivity contribution >= 4 is 23.2 Å². The Morgan fingerprint density at radius 3 is 2.08 bits per heavy atom. The van der Waals surface area contributed by atoms with E-state index in [1.54, 1.807) is 12.1 Å². The summed E-state index contributed by atoms with van der Waals surface area (Å²) in [5.74, 6) is -0.699. The topological polar surface area (TPSA) is 99.0 Å². The second-order valence-electron chi connectivity index (χ2n) is 5.59. The molecule has 8 nitrogen and oxygen atoms in total. The number of anilines is 1. The summed E-state index contributed by atoms with van der Waals surface area (Å²) in [5.41, 5.74) is -0.0815. The zero-order valence-electron chi connectivity index (χ0n) is 12.9. The standard InChI is InChI=1S/C17H12N2O6/c20-16-10-4-1-2-5-11(10)17(21)18(16)12-8-14-15(9-13(12)19(22)23)25-7-3-6-24-14/h1-2,4-5,8-9H,3,6-7H2. The van der Waals surface area contributed by atoms with Crippen LogP contribution in [-0.2, 0) is 0 Å². The first-order chi connectivity index (χ1) is 12.1. The summed E-state index contributed by atoms with van der Waals surface area (Å²) in [7, 11) is 0. The molecule has 0 saturated carbocycles. The number of fused-ring (bicyclic) bond motifs is 2. The monoisotopic (exact) mass is 340 g/mol. The largest absolute Gasteiger partial charge is 0.489 e. The Labute approximate surface area is 141 Å². The van der Waals surface area contributed by atoms with E-state index in [4.69, 9.17) is 9.47 Å². The van der Waals surface area contributed by atoms with Crippen LogP contribution in [0.15, 0.2) is 36.4 Å². The lowest BCUT2D eigenvalue weighted by molar-refractivity contribution is -0.384. The fraction of sp³-hybridized carbons (Fsp3) is 0.176. The summed E-state index contributed by atoms with van der Waals surface area (Å²) in [4.78, 5) is 36.9. The summed E-state index contributed by atoms with van der Waals surface area (Å²) in [6.07, 6.45) is 0.630. The van der Waals surface area contributed by atoms with E-state index in [2.05, 4.69) is 0 Å². The Kier molecular flexibility index (Phi) is 3.38. The van der Waals surface area contributed by atoms with Crippen molar-refractivity contribution in [1.29, 1.82) is 0 Å².